The summed E-state index contributed by atoms with van der Waals surface area (Å²) >= 11 is 6.30. The highest BCUT2D eigenvalue weighted by Crippen LogP contribution is 2.30. The molecule has 9 heteroatoms. The lowest BCUT2D eigenvalue weighted by molar-refractivity contribution is -0.139. The van der Waals surface area contributed by atoms with Gasteiger partial charge >= 0.3 is 0 Å². The minimum Gasteiger partial charge on any atom is -0.352 e. The summed E-state index contributed by atoms with van der Waals surface area (Å²) in [6.45, 7) is 6.97. The Hall–Kier alpha value is -3.36. The van der Waals surface area contributed by atoms with Gasteiger partial charge in [0.2, 0.25) is 11.8 Å². The number of halogens is 1. The molecule has 4 rings (SSSR count). The number of hydrogen-bond acceptors (Lipinski definition) is 4. The summed E-state index contributed by atoms with van der Waals surface area (Å²) in [4.78, 5) is 29.0. The SMILES string of the molecule is Cc1ccc(S(=O)(=O)N(CC(=O)N(Cc2cccc(C)c2)[C@@H](C)C(=O)NC2CCCC2)c2cc(Cl)ccc2C)cc1. The van der Waals surface area contributed by atoms with E-state index >= 15 is 0 Å². The topological polar surface area (TPSA) is 86.8 Å². The number of hydrogen-bond donors (Lipinski definition) is 1. The molecule has 218 valence electrons. The minimum absolute atomic E-state index is 0.0625. The average Bonchev–Trinajstić information content (AvgIpc) is 3.44. The van der Waals surface area contributed by atoms with Gasteiger partial charge in [-0.05, 0) is 75.9 Å². The molecule has 1 N–H and O–H groups in total. The molecule has 0 unspecified atom stereocenters. The van der Waals surface area contributed by atoms with Gasteiger partial charge in [-0.15, -0.1) is 0 Å². The largest absolute Gasteiger partial charge is 0.352 e. The van der Waals surface area contributed by atoms with Gasteiger partial charge in [-0.1, -0.05) is 78.0 Å². The van der Waals surface area contributed by atoms with E-state index in [4.69, 9.17) is 11.6 Å². The van der Waals surface area contributed by atoms with E-state index in [1.807, 2.05) is 38.1 Å². The van der Waals surface area contributed by atoms with Gasteiger partial charge in [0, 0.05) is 17.6 Å². The summed E-state index contributed by atoms with van der Waals surface area (Å²) in [6, 6.07) is 18.5. The third-order valence-corrected chi connectivity index (χ3v) is 9.64. The van der Waals surface area contributed by atoms with E-state index in [0.29, 0.717) is 16.3 Å². The highest BCUT2D eigenvalue weighted by molar-refractivity contribution is 7.92. The Kier molecular flexibility index (Phi) is 9.76. The van der Waals surface area contributed by atoms with Crippen molar-refractivity contribution in [3.63, 3.8) is 0 Å². The maximum Gasteiger partial charge on any atom is 0.264 e. The minimum atomic E-state index is -4.16. The van der Waals surface area contributed by atoms with Crippen molar-refractivity contribution in [1.29, 1.82) is 0 Å². The summed E-state index contributed by atoms with van der Waals surface area (Å²) in [6.07, 6.45) is 3.97. The van der Waals surface area contributed by atoms with Gasteiger partial charge < -0.3 is 10.2 Å². The Morgan fingerprint density at radius 1 is 0.951 bits per heavy atom. The van der Waals surface area contributed by atoms with Crippen LogP contribution in [0.15, 0.2) is 71.6 Å². The van der Waals surface area contributed by atoms with Crippen molar-refractivity contribution in [3.05, 3.63) is 94.0 Å². The number of rotatable bonds is 10. The van der Waals surface area contributed by atoms with Gasteiger partial charge in [0.1, 0.15) is 12.6 Å². The monoisotopic (exact) mass is 595 g/mol. The first-order chi connectivity index (χ1) is 19.5. The molecule has 0 heterocycles. The van der Waals surface area contributed by atoms with Crippen LogP contribution >= 0.6 is 11.6 Å². The lowest BCUT2D eigenvalue weighted by Crippen LogP contribution is -2.52. The number of benzene rings is 3. The Bertz CT molecular complexity index is 1500. The van der Waals surface area contributed by atoms with Crippen molar-refractivity contribution in [2.45, 2.75) is 76.9 Å². The fraction of sp³-hybridized carbons (Fsp3) is 0.375. The first-order valence-electron chi connectivity index (χ1n) is 14.0. The van der Waals surface area contributed by atoms with Crippen LogP contribution in [0.1, 0.15) is 54.9 Å². The summed E-state index contributed by atoms with van der Waals surface area (Å²) in [5, 5.41) is 3.44. The summed E-state index contributed by atoms with van der Waals surface area (Å²) < 4.78 is 29.2. The highest BCUT2D eigenvalue weighted by atomic mass is 35.5. The molecule has 1 fully saturated rings. The molecule has 0 aromatic heterocycles. The van der Waals surface area contributed by atoms with Gasteiger partial charge in [0.25, 0.3) is 10.0 Å². The fourth-order valence-electron chi connectivity index (χ4n) is 5.18. The van der Waals surface area contributed by atoms with E-state index in [1.54, 1.807) is 44.2 Å². The van der Waals surface area contributed by atoms with Crippen LogP contribution in [-0.4, -0.2) is 43.8 Å². The highest BCUT2D eigenvalue weighted by Gasteiger charge is 2.34. The van der Waals surface area contributed by atoms with Crippen molar-refractivity contribution in [2.75, 3.05) is 10.8 Å². The van der Waals surface area contributed by atoms with E-state index < -0.39 is 28.5 Å². The summed E-state index contributed by atoms with van der Waals surface area (Å²) in [5.41, 5.74) is 3.75. The van der Waals surface area contributed by atoms with E-state index in [1.165, 1.54) is 17.0 Å². The predicted molar refractivity (Wildman–Crippen MR) is 163 cm³/mol. The molecule has 1 atom stereocenters. The van der Waals surface area contributed by atoms with E-state index in [-0.39, 0.29) is 23.4 Å². The van der Waals surface area contributed by atoms with E-state index in [9.17, 15) is 18.0 Å². The molecule has 1 aliphatic carbocycles. The molecule has 7 nitrogen and oxygen atoms in total. The van der Waals surface area contributed by atoms with Crippen molar-refractivity contribution in [1.82, 2.24) is 10.2 Å². The lowest BCUT2D eigenvalue weighted by atomic mass is 10.1. The van der Waals surface area contributed by atoms with Crippen molar-refractivity contribution < 1.29 is 18.0 Å². The van der Waals surface area contributed by atoms with Crippen LogP contribution in [0.3, 0.4) is 0 Å². The number of carbonyl (C=O) groups is 2. The van der Waals surface area contributed by atoms with Gasteiger partial charge in [-0.3, -0.25) is 13.9 Å². The van der Waals surface area contributed by atoms with Crippen molar-refractivity contribution in [3.8, 4) is 0 Å². The molecule has 0 radical (unpaired) electrons. The van der Waals surface area contributed by atoms with Gasteiger partial charge in [0.15, 0.2) is 0 Å². The normalized spacial score (nSPS) is 14.5. The molecule has 41 heavy (non-hydrogen) atoms. The molecule has 0 spiro atoms. The average molecular weight is 596 g/mol. The first-order valence-corrected chi connectivity index (χ1v) is 15.8. The lowest BCUT2D eigenvalue weighted by Gasteiger charge is -2.33. The van der Waals surface area contributed by atoms with Crippen LogP contribution in [0.4, 0.5) is 5.69 Å². The zero-order valence-corrected chi connectivity index (χ0v) is 25.6. The molecule has 0 aliphatic heterocycles. The van der Waals surface area contributed by atoms with E-state index in [0.717, 1.165) is 46.7 Å². The number of anilines is 1. The van der Waals surface area contributed by atoms with Gasteiger partial charge in [-0.25, -0.2) is 8.42 Å². The van der Waals surface area contributed by atoms with Crippen LogP contribution in [0, 0.1) is 20.8 Å². The molecular weight excluding hydrogens is 558 g/mol. The van der Waals surface area contributed by atoms with Crippen LogP contribution < -0.4 is 9.62 Å². The quantitative estimate of drug-likeness (QED) is 0.314. The Morgan fingerprint density at radius 2 is 1.63 bits per heavy atom. The molecular formula is C32H38ClN3O4S. The molecule has 0 bridgehead atoms. The number of amides is 2. The Balaban J connectivity index is 1.72. The maximum absolute atomic E-state index is 14.1. The zero-order chi connectivity index (χ0) is 29.7. The van der Waals surface area contributed by atoms with Crippen LogP contribution in [0.5, 0.6) is 0 Å². The zero-order valence-electron chi connectivity index (χ0n) is 24.1. The van der Waals surface area contributed by atoms with Crippen LogP contribution in [0.25, 0.3) is 0 Å². The number of aryl methyl sites for hydroxylation is 3. The third-order valence-electron chi connectivity index (χ3n) is 7.63. The number of sulfonamides is 1. The fourth-order valence-corrected chi connectivity index (χ4v) is 6.82. The Labute approximate surface area is 248 Å². The smallest absolute Gasteiger partial charge is 0.264 e. The second-order valence-electron chi connectivity index (χ2n) is 10.9. The molecule has 3 aromatic rings. The first kappa shape index (κ1) is 30.6. The maximum atomic E-state index is 14.1. The van der Waals surface area contributed by atoms with Crippen molar-refractivity contribution in [2.24, 2.45) is 0 Å². The second kappa shape index (κ2) is 13.1. The van der Waals surface area contributed by atoms with E-state index in [2.05, 4.69) is 5.32 Å². The van der Waals surface area contributed by atoms with Crippen LogP contribution in [-0.2, 0) is 26.2 Å². The summed E-state index contributed by atoms with van der Waals surface area (Å²) in [5.74, 6) is -0.736. The Morgan fingerprint density at radius 3 is 2.29 bits per heavy atom. The molecule has 1 saturated carbocycles. The predicted octanol–water partition coefficient (Wildman–Crippen LogP) is 5.94. The summed E-state index contributed by atoms with van der Waals surface area (Å²) in [7, 11) is -4.16. The van der Waals surface area contributed by atoms with Crippen molar-refractivity contribution >= 4 is 39.1 Å². The number of carbonyl (C=O) groups excluding carboxylic acids is 2. The number of nitrogens with one attached hydrogen (secondary N) is 1. The molecule has 2 amide bonds. The van der Waals surface area contributed by atoms with Gasteiger partial charge in [-0.2, -0.15) is 0 Å². The molecule has 1 aliphatic rings. The number of nitrogens with zero attached hydrogens (tertiary/aromatic N) is 2. The third kappa shape index (κ3) is 7.49. The standard InChI is InChI=1S/C32H38ClN3O4S/c1-22-12-16-29(17-13-22)41(39,40)36(30-19-27(33)15-14-24(30)3)21-31(37)35(20-26-9-7-8-23(2)18-26)25(4)32(38)34-28-10-5-6-11-28/h7-9,12-19,25,28H,5-6,10-11,20-21H2,1-4H3,(H,34,38)/t25-/m0/s1. The second-order valence-corrected chi connectivity index (χ2v) is 13.2. The van der Waals surface area contributed by atoms with Gasteiger partial charge in [0.05, 0.1) is 10.6 Å². The van der Waals surface area contributed by atoms with Crippen LogP contribution in [0.2, 0.25) is 5.02 Å². The molecule has 0 saturated heterocycles. The molecule has 3 aromatic carbocycles.